The quantitative estimate of drug-likeness (QED) is 0.336. The minimum Gasteiger partial charge on any atom is -0.744 e. The molecule has 0 atom stereocenters. The number of rotatable bonds is 2. The van der Waals surface area contributed by atoms with Gasteiger partial charge in [0.1, 0.15) is 17.2 Å². The molecule has 2 aromatic heterocycles. The molecular formula is C25H24N2O4S. The van der Waals surface area contributed by atoms with E-state index in [0.29, 0.717) is 5.89 Å². The molecule has 1 aliphatic carbocycles. The summed E-state index contributed by atoms with van der Waals surface area (Å²) in [4.78, 5) is 4.60. The fourth-order valence-electron chi connectivity index (χ4n) is 3.75. The molecular weight excluding hydrogens is 424 g/mol. The molecule has 0 saturated heterocycles. The normalized spacial score (nSPS) is 13.7. The van der Waals surface area contributed by atoms with Gasteiger partial charge in [-0.25, -0.2) is 18.0 Å². The minimum absolute atomic E-state index is 0.104. The molecule has 0 aliphatic heterocycles. The number of nitrogens with zero attached hydrogens (tertiary/aromatic N) is 2. The third-order valence-electron chi connectivity index (χ3n) is 5.60. The summed E-state index contributed by atoms with van der Waals surface area (Å²) in [7, 11) is -2.27. The Hall–Kier alpha value is -3.29. The molecule has 0 radical (unpaired) electrons. The first-order valence-corrected chi connectivity index (χ1v) is 11.6. The maximum absolute atomic E-state index is 10.4. The SMILES string of the molecule is C[n+]1ccc(-c2nc3c(o2)-c2ccccc2C3(C)C)cc1.Cc1ccc(S(=O)(=O)[O-])cc1. The molecule has 5 rings (SSSR count). The largest absolute Gasteiger partial charge is 0.744 e. The lowest BCUT2D eigenvalue weighted by Gasteiger charge is -2.18. The number of aromatic nitrogens is 2. The van der Waals surface area contributed by atoms with Gasteiger partial charge in [0.2, 0.25) is 5.89 Å². The monoisotopic (exact) mass is 448 g/mol. The fraction of sp³-hybridized carbons (Fsp3) is 0.200. The average Bonchev–Trinajstić information content (AvgIpc) is 3.28. The van der Waals surface area contributed by atoms with Crippen LogP contribution in [0.2, 0.25) is 0 Å². The maximum Gasteiger partial charge on any atom is 0.227 e. The second-order valence-corrected chi connectivity index (χ2v) is 9.77. The second-order valence-electron chi connectivity index (χ2n) is 8.39. The molecule has 0 spiro atoms. The molecule has 32 heavy (non-hydrogen) atoms. The molecule has 0 fully saturated rings. The third kappa shape index (κ3) is 4.09. The first-order chi connectivity index (χ1) is 15.1. The Labute approximate surface area is 187 Å². The summed E-state index contributed by atoms with van der Waals surface area (Å²) in [5.41, 5.74) is 5.32. The molecule has 164 valence electrons. The predicted molar refractivity (Wildman–Crippen MR) is 120 cm³/mol. The van der Waals surface area contributed by atoms with Crippen LogP contribution in [0.1, 0.15) is 30.7 Å². The average molecular weight is 449 g/mol. The smallest absolute Gasteiger partial charge is 0.227 e. The summed E-state index contributed by atoms with van der Waals surface area (Å²) in [6, 6.07) is 18.2. The Morgan fingerprint density at radius 1 is 0.969 bits per heavy atom. The summed E-state index contributed by atoms with van der Waals surface area (Å²) >= 11 is 0. The van der Waals surface area contributed by atoms with E-state index >= 15 is 0 Å². The van der Waals surface area contributed by atoms with Crippen LogP contribution in [-0.2, 0) is 22.6 Å². The summed E-state index contributed by atoms with van der Waals surface area (Å²) in [5.74, 6) is 1.61. The molecule has 2 heterocycles. The van der Waals surface area contributed by atoms with Crippen molar-refractivity contribution in [3.8, 4) is 22.8 Å². The number of pyridine rings is 1. The van der Waals surface area contributed by atoms with Crippen molar-refractivity contribution in [2.75, 3.05) is 0 Å². The first-order valence-electron chi connectivity index (χ1n) is 10.2. The van der Waals surface area contributed by atoms with Crippen LogP contribution in [0.5, 0.6) is 0 Å². The Morgan fingerprint density at radius 2 is 1.59 bits per heavy atom. The third-order valence-corrected chi connectivity index (χ3v) is 6.45. The lowest BCUT2D eigenvalue weighted by Crippen LogP contribution is -2.25. The summed E-state index contributed by atoms with van der Waals surface area (Å²) < 4.78 is 39.3. The lowest BCUT2D eigenvalue weighted by atomic mass is 9.85. The zero-order valence-corrected chi connectivity index (χ0v) is 19.2. The van der Waals surface area contributed by atoms with E-state index in [0.717, 1.165) is 28.1 Å². The highest BCUT2D eigenvalue weighted by molar-refractivity contribution is 7.85. The van der Waals surface area contributed by atoms with Gasteiger partial charge in [0.25, 0.3) is 0 Å². The number of oxazole rings is 1. The first kappa shape index (κ1) is 21.9. The van der Waals surface area contributed by atoms with Gasteiger partial charge in [0, 0.05) is 28.7 Å². The van der Waals surface area contributed by atoms with E-state index in [1.807, 2.05) is 43.1 Å². The van der Waals surface area contributed by atoms with Crippen molar-refractivity contribution < 1.29 is 22.0 Å². The van der Waals surface area contributed by atoms with E-state index in [9.17, 15) is 13.0 Å². The molecule has 6 nitrogen and oxygen atoms in total. The van der Waals surface area contributed by atoms with Crippen molar-refractivity contribution in [3.05, 3.63) is 89.9 Å². The number of hydrogen-bond acceptors (Lipinski definition) is 5. The molecule has 4 aromatic rings. The Balaban J connectivity index is 0.000000189. The van der Waals surface area contributed by atoms with Crippen LogP contribution < -0.4 is 4.57 Å². The van der Waals surface area contributed by atoms with E-state index < -0.39 is 10.1 Å². The molecule has 0 bridgehead atoms. The fourth-order valence-corrected chi connectivity index (χ4v) is 4.22. The van der Waals surface area contributed by atoms with Gasteiger partial charge in [-0.2, -0.15) is 0 Å². The molecule has 0 unspecified atom stereocenters. The van der Waals surface area contributed by atoms with E-state index in [-0.39, 0.29) is 10.3 Å². The van der Waals surface area contributed by atoms with Crippen molar-refractivity contribution in [1.29, 1.82) is 0 Å². The van der Waals surface area contributed by atoms with Gasteiger partial charge in [0.05, 0.1) is 10.6 Å². The Bertz CT molecular complexity index is 1370. The van der Waals surface area contributed by atoms with Crippen molar-refractivity contribution in [2.45, 2.75) is 31.1 Å². The van der Waals surface area contributed by atoms with Gasteiger partial charge >= 0.3 is 0 Å². The van der Waals surface area contributed by atoms with Gasteiger partial charge in [-0.1, -0.05) is 42.0 Å². The van der Waals surface area contributed by atoms with Crippen LogP contribution in [0.25, 0.3) is 22.8 Å². The van der Waals surface area contributed by atoms with E-state index in [1.54, 1.807) is 12.1 Å². The van der Waals surface area contributed by atoms with Crippen LogP contribution >= 0.6 is 0 Å². The summed E-state index contributed by atoms with van der Waals surface area (Å²) in [6.45, 7) is 6.23. The molecule has 2 aromatic carbocycles. The Morgan fingerprint density at radius 3 is 2.22 bits per heavy atom. The van der Waals surface area contributed by atoms with Gasteiger partial charge in [-0.3, -0.25) is 0 Å². The molecule has 0 saturated carbocycles. The second kappa shape index (κ2) is 8.00. The van der Waals surface area contributed by atoms with Gasteiger partial charge < -0.3 is 8.97 Å². The molecule has 0 amide bonds. The summed E-state index contributed by atoms with van der Waals surface area (Å²) in [5, 5.41) is 0. The van der Waals surface area contributed by atoms with E-state index in [2.05, 4.69) is 38.1 Å². The predicted octanol–water partition coefficient (Wildman–Crippen LogP) is 4.37. The lowest BCUT2D eigenvalue weighted by molar-refractivity contribution is -0.671. The van der Waals surface area contributed by atoms with Crippen LogP contribution in [0.3, 0.4) is 0 Å². The number of fused-ring (bicyclic) bond motifs is 3. The highest BCUT2D eigenvalue weighted by Gasteiger charge is 2.40. The highest BCUT2D eigenvalue weighted by atomic mass is 32.2. The van der Waals surface area contributed by atoms with Crippen molar-refractivity contribution in [2.24, 2.45) is 7.05 Å². The zero-order valence-electron chi connectivity index (χ0n) is 18.4. The standard InChI is InChI=1S/C18H17N2O.C7H8O3S/c1-18(2)14-7-5-4-6-13(14)15-16(18)19-17(21-15)12-8-10-20(3)11-9-12;1-6-2-4-7(5-3-6)11(8,9)10/h4-11H,1-3H3;2-5H,1H3,(H,8,9,10)/q+1;/p-1. The van der Waals surface area contributed by atoms with Crippen LogP contribution in [-0.4, -0.2) is 18.0 Å². The minimum atomic E-state index is -4.27. The molecule has 1 aliphatic rings. The summed E-state index contributed by atoms with van der Waals surface area (Å²) in [6.07, 6.45) is 4.01. The molecule has 0 N–H and O–H groups in total. The van der Waals surface area contributed by atoms with Crippen molar-refractivity contribution in [3.63, 3.8) is 0 Å². The topological polar surface area (TPSA) is 87.1 Å². The van der Waals surface area contributed by atoms with E-state index in [4.69, 9.17) is 9.40 Å². The van der Waals surface area contributed by atoms with E-state index in [1.165, 1.54) is 17.7 Å². The Kier molecular flexibility index (Phi) is 5.48. The van der Waals surface area contributed by atoms with Crippen molar-refractivity contribution >= 4 is 10.1 Å². The van der Waals surface area contributed by atoms with Gasteiger partial charge in [-0.05, 0) is 38.5 Å². The van der Waals surface area contributed by atoms with Crippen LogP contribution in [0.4, 0.5) is 0 Å². The van der Waals surface area contributed by atoms with Crippen LogP contribution in [0, 0.1) is 6.92 Å². The van der Waals surface area contributed by atoms with Crippen molar-refractivity contribution in [1.82, 2.24) is 4.98 Å². The number of benzene rings is 2. The number of hydrogen-bond donors (Lipinski definition) is 0. The highest BCUT2D eigenvalue weighted by Crippen LogP contribution is 2.49. The van der Waals surface area contributed by atoms with Gasteiger partial charge in [-0.15, -0.1) is 0 Å². The molecule has 7 heteroatoms. The zero-order chi connectivity index (χ0) is 23.1. The van der Waals surface area contributed by atoms with Crippen LogP contribution in [0.15, 0.2) is 82.4 Å². The number of aryl methyl sites for hydroxylation is 2. The maximum atomic E-state index is 10.4. The van der Waals surface area contributed by atoms with Gasteiger partial charge in [0.15, 0.2) is 18.2 Å².